The van der Waals surface area contributed by atoms with Gasteiger partial charge < -0.3 is 11.1 Å². The van der Waals surface area contributed by atoms with Crippen molar-refractivity contribution in [1.82, 2.24) is 4.98 Å². The molecule has 0 aliphatic heterocycles. The zero-order valence-electron chi connectivity index (χ0n) is 18.4. The first-order chi connectivity index (χ1) is 16.6. The number of nitrogens with one attached hydrogen (secondary N) is 1. The Kier molecular flexibility index (Phi) is 6.33. The highest BCUT2D eigenvalue weighted by molar-refractivity contribution is 7.89. The molecule has 0 radical (unpaired) electrons. The molecule has 0 saturated carbocycles. The van der Waals surface area contributed by atoms with Crippen molar-refractivity contribution in [1.29, 1.82) is 0 Å². The summed E-state index contributed by atoms with van der Waals surface area (Å²) < 4.78 is 53.4. The van der Waals surface area contributed by atoms with Crippen molar-refractivity contribution in [2.24, 2.45) is 5.14 Å². The number of fused-ring (bicyclic) bond motifs is 1. The number of rotatable bonds is 5. The van der Waals surface area contributed by atoms with E-state index >= 15 is 0 Å². The van der Waals surface area contributed by atoms with Crippen molar-refractivity contribution in [2.45, 2.75) is 11.8 Å². The molecular weight excluding hydrogens is 474 g/mol. The molecule has 0 unspecified atom stereocenters. The van der Waals surface area contributed by atoms with Gasteiger partial charge in [0.25, 0.3) is 5.91 Å². The molecule has 0 bridgehead atoms. The van der Waals surface area contributed by atoms with Gasteiger partial charge in [-0.15, -0.1) is 0 Å². The van der Waals surface area contributed by atoms with E-state index in [-0.39, 0.29) is 33.1 Å². The number of carbonyl (C=O) groups is 1. The lowest BCUT2D eigenvalue weighted by Gasteiger charge is -2.11. The molecule has 178 valence electrons. The summed E-state index contributed by atoms with van der Waals surface area (Å²) in [6.45, 7) is 1.42. The van der Waals surface area contributed by atoms with Crippen LogP contribution in [0.4, 0.5) is 20.3 Å². The normalized spacial score (nSPS) is 12.3. The van der Waals surface area contributed by atoms with Crippen LogP contribution in [0.25, 0.3) is 27.5 Å². The zero-order valence-corrected chi connectivity index (χ0v) is 19.2. The maximum absolute atomic E-state index is 14.9. The quantitative estimate of drug-likeness (QED) is 0.349. The van der Waals surface area contributed by atoms with Crippen LogP contribution in [0.5, 0.6) is 0 Å². The van der Waals surface area contributed by atoms with Gasteiger partial charge in [-0.2, -0.15) is 0 Å². The summed E-state index contributed by atoms with van der Waals surface area (Å²) in [4.78, 5) is 16.3. The van der Waals surface area contributed by atoms with Crippen LogP contribution in [0, 0.1) is 5.82 Å². The summed E-state index contributed by atoms with van der Waals surface area (Å²) in [5, 5.41) is 8.87. The Hall–Kier alpha value is -4.15. The first kappa shape index (κ1) is 24.0. The summed E-state index contributed by atoms with van der Waals surface area (Å²) in [5.41, 5.74) is 6.48. The number of amides is 1. The molecule has 1 heterocycles. The lowest BCUT2D eigenvalue weighted by atomic mass is 10.0. The second-order valence-electron chi connectivity index (χ2n) is 7.76. The second kappa shape index (κ2) is 9.24. The van der Waals surface area contributed by atoms with Gasteiger partial charge in [0.15, 0.2) is 5.83 Å². The van der Waals surface area contributed by atoms with Gasteiger partial charge in [0.2, 0.25) is 10.0 Å². The number of benzene rings is 3. The van der Waals surface area contributed by atoms with Crippen LogP contribution in [-0.2, 0) is 14.8 Å². The van der Waals surface area contributed by atoms with E-state index in [0.717, 1.165) is 11.5 Å². The standard InChI is InChI=1S/C25H20F2N4O3S/c1-14(16-7-6-15-10-11-30-24(28)19(15)12-16)23(27)25(32)31-21-9-8-17(13-20(21)26)18-4-2-3-5-22(18)35(29,33)34/h2-13H,1H3,(H2,28,30)(H,31,32)(H2,29,33,34)/b23-14+. The molecule has 1 amide bonds. The molecule has 1 aromatic heterocycles. The topological polar surface area (TPSA) is 128 Å². The van der Waals surface area contributed by atoms with Crippen molar-refractivity contribution >= 4 is 43.8 Å². The van der Waals surface area contributed by atoms with Crippen LogP contribution in [0.1, 0.15) is 12.5 Å². The first-order valence-electron chi connectivity index (χ1n) is 10.3. The summed E-state index contributed by atoms with van der Waals surface area (Å²) in [7, 11) is -4.05. The molecule has 3 aromatic carbocycles. The number of pyridine rings is 1. The van der Waals surface area contributed by atoms with E-state index in [1.807, 2.05) is 0 Å². The Balaban J connectivity index is 1.62. The average molecular weight is 495 g/mol. The SMILES string of the molecule is C/C(=C(\F)C(=O)Nc1ccc(-c2ccccc2S(N)(=O)=O)cc1F)c1ccc2ccnc(N)c2c1. The molecule has 0 atom stereocenters. The van der Waals surface area contributed by atoms with E-state index in [2.05, 4.69) is 10.3 Å². The van der Waals surface area contributed by atoms with Gasteiger partial charge in [-0.3, -0.25) is 4.79 Å². The number of primary sulfonamides is 1. The first-order valence-corrected chi connectivity index (χ1v) is 11.8. The van der Waals surface area contributed by atoms with Gasteiger partial charge in [-0.05, 0) is 59.3 Å². The highest BCUT2D eigenvalue weighted by Crippen LogP contribution is 2.30. The minimum atomic E-state index is -4.05. The average Bonchev–Trinajstić information content (AvgIpc) is 2.84. The van der Waals surface area contributed by atoms with Crippen LogP contribution < -0.4 is 16.2 Å². The van der Waals surface area contributed by atoms with Crippen LogP contribution in [-0.4, -0.2) is 19.3 Å². The number of aromatic nitrogens is 1. The second-order valence-corrected chi connectivity index (χ2v) is 9.29. The Bertz CT molecular complexity index is 1620. The summed E-state index contributed by atoms with van der Waals surface area (Å²) in [6.07, 6.45) is 1.56. The van der Waals surface area contributed by atoms with Crippen LogP contribution in [0.3, 0.4) is 0 Å². The van der Waals surface area contributed by atoms with E-state index in [9.17, 15) is 22.0 Å². The third-order valence-corrected chi connectivity index (χ3v) is 6.45. The minimum absolute atomic E-state index is 0.0340. The molecule has 0 aliphatic rings. The van der Waals surface area contributed by atoms with Gasteiger partial charge >= 0.3 is 0 Å². The van der Waals surface area contributed by atoms with Crippen molar-refractivity contribution in [3.05, 3.63) is 90.1 Å². The Labute approximate surface area is 200 Å². The number of sulfonamides is 1. The fraction of sp³-hybridized carbons (Fsp3) is 0.0400. The van der Waals surface area contributed by atoms with E-state index < -0.39 is 27.6 Å². The van der Waals surface area contributed by atoms with Crippen molar-refractivity contribution < 1.29 is 22.0 Å². The van der Waals surface area contributed by atoms with Crippen LogP contribution in [0.2, 0.25) is 0 Å². The lowest BCUT2D eigenvalue weighted by Crippen LogP contribution is -2.14. The molecule has 10 heteroatoms. The maximum atomic E-state index is 14.9. The molecule has 0 spiro atoms. The Morgan fingerprint density at radius 2 is 1.77 bits per heavy atom. The monoisotopic (exact) mass is 494 g/mol. The third kappa shape index (κ3) is 4.88. The maximum Gasteiger partial charge on any atom is 0.284 e. The molecule has 0 fully saturated rings. The fourth-order valence-electron chi connectivity index (χ4n) is 3.64. The molecule has 35 heavy (non-hydrogen) atoms. The minimum Gasteiger partial charge on any atom is -0.383 e. The smallest absolute Gasteiger partial charge is 0.284 e. The van der Waals surface area contributed by atoms with Gasteiger partial charge in [0.05, 0.1) is 10.6 Å². The summed E-state index contributed by atoms with van der Waals surface area (Å²) in [6, 6.07) is 16.3. The number of hydrogen-bond donors (Lipinski definition) is 3. The largest absolute Gasteiger partial charge is 0.383 e. The predicted molar refractivity (Wildman–Crippen MR) is 132 cm³/mol. The van der Waals surface area contributed by atoms with E-state index in [0.29, 0.717) is 10.9 Å². The van der Waals surface area contributed by atoms with E-state index in [4.69, 9.17) is 10.9 Å². The number of carbonyl (C=O) groups excluding carboxylic acids is 1. The number of halogens is 2. The number of nitrogens with zero attached hydrogens (tertiary/aromatic N) is 1. The van der Waals surface area contributed by atoms with Crippen LogP contribution in [0.15, 0.2) is 83.6 Å². The highest BCUT2D eigenvalue weighted by Gasteiger charge is 2.19. The fourth-order valence-corrected chi connectivity index (χ4v) is 4.40. The van der Waals surface area contributed by atoms with Gasteiger partial charge in [0.1, 0.15) is 11.6 Å². The number of nitrogen functional groups attached to an aromatic ring is 1. The predicted octanol–water partition coefficient (Wildman–Crippen LogP) is 4.61. The van der Waals surface area contributed by atoms with Gasteiger partial charge in [-0.1, -0.05) is 36.4 Å². The number of allylic oxidation sites excluding steroid dienone is 1. The summed E-state index contributed by atoms with van der Waals surface area (Å²) >= 11 is 0. The number of anilines is 2. The number of hydrogen-bond acceptors (Lipinski definition) is 5. The van der Waals surface area contributed by atoms with E-state index in [1.54, 1.807) is 36.5 Å². The van der Waals surface area contributed by atoms with Crippen molar-refractivity contribution in [3.8, 4) is 11.1 Å². The summed E-state index contributed by atoms with van der Waals surface area (Å²) in [5.74, 6) is -2.85. The Morgan fingerprint density at radius 3 is 2.49 bits per heavy atom. The van der Waals surface area contributed by atoms with Gasteiger partial charge in [0, 0.05) is 17.1 Å². The van der Waals surface area contributed by atoms with Crippen LogP contribution >= 0.6 is 0 Å². The number of nitrogens with two attached hydrogens (primary N) is 2. The van der Waals surface area contributed by atoms with E-state index in [1.165, 1.54) is 37.3 Å². The van der Waals surface area contributed by atoms with Crippen molar-refractivity contribution in [3.63, 3.8) is 0 Å². The molecule has 0 aliphatic carbocycles. The molecule has 5 N–H and O–H groups in total. The molecular formula is C25H20F2N4O3S. The molecule has 7 nitrogen and oxygen atoms in total. The van der Waals surface area contributed by atoms with Gasteiger partial charge in [-0.25, -0.2) is 27.3 Å². The highest BCUT2D eigenvalue weighted by atomic mass is 32.2. The van der Waals surface area contributed by atoms with Crippen molar-refractivity contribution in [2.75, 3.05) is 11.1 Å². The Morgan fingerprint density at radius 1 is 1.03 bits per heavy atom. The third-order valence-electron chi connectivity index (χ3n) is 5.48. The molecule has 4 rings (SSSR count). The molecule has 0 saturated heterocycles. The lowest BCUT2D eigenvalue weighted by molar-refractivity contribution is -0.114. The molecule has 4 aromatic rings. The zero-order chi connectivity index (χ0) is 25.3.